The van der Waals surface area contributed by atoms with Crippen LogP contribution in [0.4, 0.5) is 10.3 Å². The van der Waals surface area contributed by atoms with E-state index >= 15 is 0 Å². The van der Waals surface area contributed by atoms with Crippen LogP contribution in [-0.2, 0) is 9.53 Å². The Bertz CT molecular complexity index is 1490. The molecule has 1 aromatic carbocycles. The van der Waals surface area contributed by atoms with Gasteiger partial charge in [-0.3, -0.25) is 9.36 Å². The molecule has 0 unspecified atom stereocenters. The molecule has 2 aliphatic rings. The van der Waals surface area contributed by atoms with Crippen molar-refractivity contribution in [3.05, 3.63) is 84.5 Å². The second-order valence-corrected chi connectivity index (χ2v) is 9.83. The van der Waals surface area contributed by atoms with E-state index in [2.05, 4.69) is 21.8 Å². The van der Waals surface area contributed by atoms with Gasteiger partial charge in [0.15, 0.2) is 10.7 Å². The molecule has 3 aromatic rings. The molecule has 4 heterocycles. The number of allylic oxidation sites excluding steroid dienone is 1. The first-order valence-electron chi connectivity index (χ1n) is 11.8. The summed E-state index contributed by atoms with van der Waals surface area (Å²) in [5.74, 6) is 0.379. The van der Waals surface area contributed by atoms with Crippen molar-refractivity contribution in [2.75, 3.05) is 44.7 Å². The zero-order valence-electron chi connectivity index (χ0n) is 20.4. The van der Waals surface area contributed by atoms with Crippen LogP contribution in [0.25, 0.3) is 6.08 Å². The molecular formula is C26H27FN4O4S. The highest BCUT2D eigenvalue weighted by atomic mass is 32.1. The molecular weight excluding hydrogens is 483 g/mol. The Hall–Kier alpha value is -3.50. The van der Waals surface area contributed by atoms with Gasteiger partial charge in [-0.2, -0.15) is 0 Å². The highest BCUT2D eigenvalue weighted by Gasteiger charge is 2.33. The maximum absolute atomic E-state index is 13.7. The van der Waals surface area contributed by atoms with Gasteiger partial charge in [0.2, 0.25) is 0 Å². The summed E-state index contributed by atoms with van der Waals surface area (Å²) < 4.78 is 26.9. The minimum atomic E-state index is -0.777. The smallest absolute Gasteiger partial charge is 0.338 e. The molecule has 2 aliphatic heterocycles. The molecule has 10 heteroatoms. The lowest BCUT2D eigenvalue weighted by Crippen LogP contribution is -2.44. The number of benzene rings is 1. The van der Waals surface area contributed by atoms with Crippen molar-refractivity contribution in [2.45, 2.75) is 19.9 Å². The van der Waals surface area contributed by atoms with Crippen molar-refractivity contribution in [1.82, 2.24) is 9.47 Å². The zero-order valence-corrected chi connectivity index (χ0v) is 21.2. The molecule has 2 aromatic heterocycles. The number of hydrogen-bond donors (Lipinski definition) is 0. The number of thiazole rings is 1. The molecule has 5 rings (SSSR count). The van der Waals surface area contributed by atoms with Gasteiger partial charge in [0.05, 0.1) is 28.5 Å². The van der Waals surface area contributed by atoms with Crippen LogP contribution in [0.1, 0.15) is 31.2 Å². The summed E-state index contributed by atoms with van der Waals surface area (Å²) >= 11 is 1.22. The van der Waals surface area contributed by atoms with Crippen molar-refractivity contribution in [3.63, 3.8) is 0 Å². The van der Waals surface area contributed by atoms with E-state index in [0.717, 1.165) is 32.1 Å². The first-order chi connectivity index (χ1) is 17.4. The summed E-state index contributed by atoms with van der Waals surface area (Å²) in [5, 5.41) is 0. The molecule has 1 saturated heterocycles. The van der Waals surface area contributed by atoms with E-state index in [-0.39, 0.29) is 17.7 Å². The standard InChI is InChI=1S/C26H27FN4O4S/c1-4-34-25(33)22-16(2)28-26-31(23(22)17-5-7-18(27)8-6-17)24(32)20(36-26)15-19-9-10-21(35-19)30-13-11-29(3)12-14-30/h5-10,15,23H,4,11-14H2,1-3H3/b20-15+/t23-/m0/s1. The monoisotopic (exact) mass is 510 g/mol. The van der Waals surface area contributed by atoms with Crippen molar-refractivity contribution < 1.29 is 18.3 Å². The number of nitrogens with zero attached hydrogens (tertiary/aromatic N) is 4. The molecule has 188 valence electrons. The van der Waals surface area contributed by atoms with E-state index in [0.29, 0.717) is 26.4 Å². The topological polar surface area (TPSA) is 80.3 Å². The van der Waals surface area contributed by atoms with Gasteiger partial charge in [-0.15, -0.1) is 0 Å². The molecule has 8 nitrogen and oxygen atoms in total. The van der Waals surface area contributed by atoms with E-state index in [9.17, 15) is 14.0 Å². The minimum Gasteiger partial charge on any atom is -0.463 e. The van der Waals surface area contributed by atoms with Gasteiger partial charge in [0.1, 0.15) is 11.6 Å². The molecule has 0 amide bonds. The molecule has 0 saturated carbocycles. The van der Waals surface area contributed by atoms with E-state index in [1.807, 2.05) is 12.1 Å². The Morgan fingerprint density at radius 3 is 2.61 bits per heavy atom. The third-order valence-corrected chi connectivity index (χ3v) is 7.39. The summed E-state index contributed by atoms with van der Waals surface area (Å²) in [6.45, 7) is 7.29. The lowest BCUT2D eigenvalue weighted by Gasteiger charge is -2.32. The van der Waals surface area contributed by atoms with Crippen molar-refractivity contribution >= 4 is 29.3 Å². The Kier molecular flexibility index (Phi) is 6.63. The highest BCUT2D eigenvalue weighted by Crippen LogP contribution is 2.30. The van der Waals surface area contributed by atoms with Crippen LogP contribution in [0.3, 0.4) is 0 Å². The maximum atomic E-state index is 13.7. The SMILES string of the molecule is CCOC(=O)C1=C(C)N=c2s/c(=C/c3ccc(N4CCN(C)CC4)o3)c(=O)n2[C@H]1c1ccc(F)cc1. The summed E-state index contributed by atoms with van der Waals surface area (Å²) in [7, 11) is 2.10. The second kappa shape index (κ2) is 9.87. The van der Waals surface area contributed by atoms with E-state index < -0.39 is 17.8 Å². The normalized spacial score (nSPS) is 18.8. The van der Waals surface area contributed by atoms with E-state index in [1.54, 1.807) is 32.1 Å². The van der Waals surface area contributed by atoms with Gasteiger partial charge < -0.3 is 19.0 Å². The first-order valence-corrected chi connectivity index (χ1v) is 12.7. The number of anilines is 1. The van der Waals surface area contributed by atoms with E-state index in [1.165, 1.54) is 28.0 Å². The molecule has 0 spiro atoms. The molecule has 36 heavy (non-hydrogen) atoms. The fourth-order valence-electron chi connectivity index (χ4n) is 4.50. The number of hydrogen-bond acceptors (Lipinski definition) is 8. The van der Waals surface area contributed by atoms with Crippen LogP contribution in [0.5, 0.6) is 0 Å². The number of carbonyl (C=O) groups excluding carboxylic acids is 1. The van der Waals surface area contributed by atoms with Gasteiger partial charge in [-0.25, -0.2) is 14.2 Å². The Morgan fingerprint density at radius 1 is 1.19 bits per heavy atom. The van der Waals surface area contributed by atoms with Crippen LogP contribution >= 0.6 is 11.3 Å². The first kappa shape index (κ1) is 24.2. The Morgan fingerprint density at radius 2 is 1.92 bits per heavy atom. The number of aromatic nitrogens is 1. The second-order valence-electron chi connectivity index (χ2n) is 8.82. The van der Waals surface area contributed by atoms with Gasteiger partial charge in [0.25, 0.3) is 5.56 Å². The number of piperazine rings is 1. The van der Waals surface area contributed by atoms with Crippen LogP contribution in [0.15, 0.2) is 61.9 Å². The van der Waals surface area contributed by atoms with Crippen molar-refractivity contribution in [1.29, 1.82) is 0 Å². The molecule has 0 radical (unpaired) electrons. The lowest BCUT2D eigenvalue weighted by molar-refractivity contribution is -0.139. The molecule has 0 bridgehead atoms. The van der Waals surface area contributed by atoms with Crippen LogP contribution in [-0.4, -0.2) is 55.3 Å². The fourth-order valence-corrected chi connectivity index (χ4v) is 5.52. The number of carbonyl (C=O) groups is 1. The van der Waals surface area contributed by atoms with E-state index in [4.69, 9.17) is 9.15 Å². The number of halogens is 1. The number of rotatable bonds is 5. The van der Waals surface area contributed by atoms with Crippen LogP contribution in [0.2, 0.25) is 0 Å². The molecule has 0 N–H and O–H groups in total. The van der Waals surface area contributed by atoms with Crippen LogP contribution in [0, 0.1) is 5.82 Å². The molecule has 1 atom stereocenters. The van der Waals surface area contributed by atoms with Gasteiger partial charge in [-0.05, 0) is 44.7 Å². The van der Waals surface area contributed by atoms with Crippen LogP contribution < -0.4 is 19.8 Å². The third kappa shape index (κ3) is 4.54. The largest absolute Gasteiger partial charge is 0.463 e. The number of furan rings is 1. The predicted octanol–water partition coefficient (Wildman–Crippen LogP) is 2.28. The molecule has 0 aliphatic carbocycles. The quantitative estimate of drug-likeness (QED) is 0.490. The highest BCUT2D eigenvalue weighted by molar-refractivity contribution is 7.07. The number of fused-ring (bicyclic) bond motifs is 1. The fraction of sp³-hybridized carbons (Fsp3) is 0.346. The number of likely N-dealkylation sites (N-methyl/N-ethyl adjacent to an activating group) is 1. The average Bonchev–Trinajstić information content (AvgIpc) is 3.44. The third-order valence-electron chi connectivity index (χ3n) is 6.40. The van der Waals surface area contributed by atoms with Gasteiger partial charge in [-0.1, -0.05) is 23.5 Å². The maximum Gasteiger partial charge on any atom is 0.338 e. The Balaban J connectivity index is 1.58. The lowest BCUT2D eigenvalue weighted by atomic mass is 9.96. The van der Waals surface area contributed by atoms with Crippen molar-refractivity contribution in [2.24, 2.45) is 4.99 Å². The molecule has 1 fully saturated rings. The number of esters is 1. The summed E-state index contributed by atoms with van der Waals surface area (Å²) in [6, 6.07) is 8.75. The summed E-state index contributed by atoms with van der Waals surface area (Å²) in [5.41, 5.74) is 1.01. The Labute approximate surface area is 211 Å². The predicted molar refractivity (Wildman–Crippen MR) is 135 cm³/mol. The van der Waals surface area contributed by atoms with Gasteiger partial charge >= 0.3 is 5.97 Å². The zero-order chi connectivity index (χ0) is 25.4. The summed E-state index contributed by atoms with van der Waals surface area (Å²) in [4.78, 5) is 36.0. The number of ether oxygens (including phenoxy) is 1. The van der Waals surface area contributed by atoms with Crippen molar-refractivity contribution in [3.8, 4) is 0 Å². The summed E-state index contributed by atoms with van der Waals surface area (Å²) in [6.07, 6.45) is 1.70. The average molecular weight is 511 g/mol. The minimum absolute atomic E-state index is 0.185. The van der Waals surface area contributed by atoms with Gasteiger partial charge in [0, 0.05) is 38.3 Å².